The van der Waals surface area contributed by atoms with Crippen LogP contribution in [0.4, 0.5) is 0 Å². The molecular weight excluding hydrogens is 356 g/mol. The molecule has 1 fully saturated rings. The van der Waals surface area contributed by atoms with Gasteiger partial charge in [0, 0.05) is 49.6 Å². The highest BCUT2D eigenvalue weighted by atomic mass is 16.5. The van der Waals surface area contributed by atoms with E-state index in [1.165, 1.54) is 0 Å². The molecule has 0 bridgehead atoms. The number of rotatable bonds is 6. The van der Waals surface area contributed by atoms with Crippen LogP contribution < -0.4 is 10.1 Å². The van der Waals surface area contributed by atoms with Gasteiger partial charge in [0.2, 0.25) is 5.71 Å². The summed E-state index contributed by atoms with van der Waals surface area (Å²) >= 11 is 0. The number of likely N-dealkylation sites (N-methyl/N-ethyl adjacent to an activating group) is 1. The average Bonchev–Trinajstić information content (AvgIpc) is 3.13. The number of ether oxygens (including phenoxy) is 1. The molecule has 0 atom stereocenters. The molecule has 1 aromatic carbocycles. The third-order valence-electron chi connectivity index (χ3n) is 5.27. The van der Waals surface area contributed by atoms with Gasteiger partial charge in [-0.15, -0.1) is 0 Å². The summed E-state index contributed by atoms with van der Waals surface area (Å²) in [6.45, 7) is 6.05. The Labute approximate surface area is 164 Å². The molecule has 0 saturated carbocycles. The summed E-state index contributed by atoms with van der Waals surface area (Å²) in [6, 6.07) is 9.43. The number of hydrogen-bond donors (Lipinski definition) is 1. The number of amides is 1. The maximum Gasteiger partial charge on any atom is 0.287 e. The molecule has 4 rings (SSSR count). The van der Waals surface area contributed by atoms with Crippen LogP contribution in [0.1, 0.15) is 17.0 Å². The summed E-state index contributed by atoms with van der Waals surface area (Å²) in [4.78, 5) is 21.7. The first-order chi connectivity index (χ1) is 13.6. The van der Waals surface area contributed by atoms with E-state index in [2.05, 4.69) is 27.1 Å². The normalized spacial score (nSPS) is 15.9. The van der Waals surface area contributed by atoms with Crippen LogP contribution in [0.15, 0.2) is 34.7 Å². The minimum atomic E-state index is -0.196. The van der Waals surface area contributed by atoms with E-state index in [9.17, 15) is 4.79 Å². The highest BCUT2D eigenvalue weighted by Gasteiger charge is 2.15. The summed E-state index contributed by atoms with van der Waals surface area (Å²) < 4.78 is 10.9. The number of carbonyl (C=O) groups is 1. The van der Waals surface area contributed by atoms with Crippen molar-refractivity contribution in [2.24, 2.45) is 0 Å². The van der Waals surface area contributed by atoms with Gasteiger partial charge in [-0.3, -0.25) is 4.79 Å². The predicted molar refractivity (Wildman–Crippen MR) is 109 cm³/mol. The lowest BCUT2D eigenvalue weighted by atomic mass is 10.2. The average molecular weight is 382 g/mol. The fourth-order valence-corrected chi connectivity index (χ4v) is 3.51. The lowest BCUT2D eigenvalue weighted by Gasteiger charge is -2.32. The number of piperazine rings is 1. The Kier molecular flexibility index (Phi) is 5.45. The molecule has 3 aromatic rings. The van der Waals surface area contributed by atoms with Crippen molar-refractivity contribution in [2.45, 2.75) is 6.42 Å². The number of nitrogens with one attached hydrogen (secondary N) is 1. The Morgan fingerprint density at radius 1 is 1.18 bits per heavy atom. The molecule has 28 heavy (non-hydrogen) atoms. The first-order valence-corrected chi connectivity index (χ1v) is 9.70. The lowest BCUT2D eigenvalue weighted by Crippen LogP contribution is -2.45. The first-order valence-electron chi connectivity index (χ1n) is 9.70. The van der Waals surface area contributed by atoms with Gasteiger partial charge in [-0.05, 0) is 44.3 Å². The maximum atomic E-state index is 12.4. The van der Waals surface area contributed by atoms with Crippen molar-refractivity contribution < 1.29 is 13.9 Å². The topological polar surface area (TPSA) is 70.8 Å². The Hall–Kier alpha value is -2.64. The zero-order valence-electron chi connectivity index (χ0n) is 16.4. The highest BCUT2D eigenvalue weighted by molar-refractivity contribution is 5.98. The van der Waals surface area contributed by atoms with E-state index in [1.807, 2.05) is 24.3 Å². The molecule has 7 nitrogen and oxygen atoms in total. The van der Waals surface area contributed by atoms with Crippen molar-refractivity contribution in [3.05, 3.63) is 36.1 Å². The highest BCUT2D eigenvalue weighted by Crippen LogP contribution is 2.25. The van der Waals surface area contributed by atoms with Gasteiger partial charge in [0.1, 0.15) is 5.75 Å². The number of hydrogen-bond acceptors (Lipinski definition) is 6. The largest absolute Gasteiger partial charge is 0.497 e. The van der Waals surface area contributed by atoms with E-state index >= 15 is 0 Å². The standard InChI is InChI=1S/C21H26N4O3/c1-24-8-10-25(11-9-24)7-3-6-22-20(26)19-13-16-12-15-4-5-17(27-2)14-18(15)23-21(16)28-19/h4-5,12-14H,3,6-11H2,1-2H3,(H,22,26). The Bertz CT molecular complexity index is 976. The number of fused-ring (bicyclic) bond motifs is 2. The minimum absolute atomic E-state index is 0.196. The van der Waals surface area contributed by atoms with E-state index in [0.717, 1.165) is 61.2 Å². The van der Waals surface area contributed by atoms with Gasteiger partial charge in [-0.2, -0.15) is 0 Å². The molecule has 7 heteroatoms. The number of nitrogens with zero attached hydrogens (tertiary/aromatic N) is 3. The fourth-order valence-electron chi connectivity index (χ4n) is 3.51. The van der Waals surface area contributed by atoms with Gasteiger partial charge in [-0.25, -0.2) is 4.98 Å². The number of carbonyl (C=O) groups excluding carboxylic acids is 1. The van der Waals surface area contributed by atoms with Crippen LogP contribution in [0, 0.1) is 0 Å². The van der Waals surface area contributed by atoms with Crippen molar-refractivity contribution in [3.63, 3.8) is 0 Å². The summed E-state index contributed by atoms with van der Waals surface area (Å²) in [5, 5.41) is 4.75. The van der Waals surface area contributed by atoms with Gasteiger partial charge in [-0.1, -0.05) is 0 Å². The van der Waals surface area contributed by atoms with Gasteiger partial charge in [0.25, 0.3) is 5.91 Å². The number of methoxy groups -OCH3 is 1. The Morgan fingerprint density at radius 3 is 2.79 bits per heavy atom. The Balaban J connectivity index is 1.36. The summed E-state index contributed by atoms with van der Waals surface area (Å²) in [5.74, 6) is 0.839. The second kappa shape index (κ2) is 8.16. The molecule has 148 valence electrons. The second-order valence-electron chi connectivity index (χ2n) is 7.31. The molecule has 1 N–H and O–H groups in total. The molecule has 1 aliphatic rings. The maximum absolute atomic E-state index is 12.4. The molecular formula is C21H26N4O3. The van der Waals surface area contributed by atoms with E-state index in [1.54, 1.807) is 13.2 Å². The van der Waals surface area contributed by atoms with Crippen LogP contribution >= 0.6 is 0 Å². The molecule has 0 aliphatic carbocycles. The third-order valence-corrected chi connectivity index (χ3v) is 5.27. The predicted octanol–water partition coefficient (Wildman–Crippen LogP) is 2.36. The van der Waals surface area contributed by atoms with Crippen molar-refractivity contribution in [2.75, 3.05) is 53.4 Å². The zero-order chi connectivity index (χ0) is 19.5. The fraction of sp³-hybridized carbons (Fsp3) is 0.429. The molecule has 0 unspecified atom stereocenters. The van der Waals surface area contributed by atoms with E-state index in [0.29, 0.717) is 18.0 Å². The van der Waals surface area contributed by atoms with Crippen molar-refractivity contribution in [1.82, 2.24) is 20.1 Å². The SMILES string of the molecule is COc1ccc2cc3cc(C(=O)NCCCN4CCN(C)CC4)oc3nc2c1. The number of aromatic nitrogens is 1. The lowest BCUT2D eigenvalue weighted by molar-refractivity contribution is 0.0923. The quantitative estimate of drug-likeness (QED) is 0.660. The minimum Gasteiger partial charge on any atom is -0.497 e. The number of furan rings is 1. The van der Waals surface area contributed by atoms with Crippen LogP contribution in [-0.2, 0) is 0 Å². The monoisotopic (exact) mass is 382 g/mol. The van der Waals surface area contributed by atoms with Crippen LogP contribution in [0.2, 0.25) is 0 Å². The van der Waals surface area contributed by atoms with E-state index in [4.69, 9.17) is 9.15 Å². The van der Waals surface area contributed by atoms with Crippen LogP contribution in [-0.4, -0.2) is 74.1 Å². The van der Waals surface area contributed by atoms with Crippen molar-refractivity contribution in [3.8, 4) is 5.75 Å². The molecule has 1 amide bonds. The molecule has 0 radical (unpaired) electrons. The van der Waals surface area contributed by atoms with Crippen molar-refractivity contribution >= 4 is 27.9 Å². The van der Waals surface area contributed by atoms with Crippen LogP contribution in [0.5, 0.6) is 5.75 Å². The van der Waals surface area contributed by atoms with Crippen molar-refractivity contribution in [1.29, 1.82) is 0 Å². The first kappa shape index (κ1) is 18.7. The van der Waals surface area contributed by atoms with Crippen LogP contribution in [0.25, 0.3) is 22.0 Å². The summed E-state index contributed by atoms with van der Waals surface area (Å²) in [6.07, 6.45) is 0.928. The van der Waals surface area contributed by atoms with E-state index in [-0.39, 0.29) is 5.91 Å². The van der Waals surface area contributed by atoms with Crippen LogP contribution in [0.3, 0.4) is 0 Å². The van der Waals surface area contributed by atoms with E-state index < -0.39 is 0 Å². The molecule has 3 heterocycles. The molecule has 0 spiro atoms. The Morgan fingerprint density at radius 2 is 2.00 bits per heavy atom. The molecule has 2 aromatic heterocycles. The zero-order valence-corrected chi connectivity index (χ0v) is 16.4. The van der Waals surface area contributed by atoms with Gasteiger partial charge in [0.05, 0.1) is 12.6 Å². The van der Waals surface area contributed by atoms with Gasteiger partial charge in [0.15, 0.2) is 5.76 Å². The summed E-state index contributed by atoms with van der Waals surface area (Å²) in [5.41, 5.74) is 1.24. The molecule has 1 saturated heterocycles. The summed E-state index contributed by atoms with van der Waals surface area (Å²) in [7, 11) is 3.78. The molecule has 1 aliphatic heterocycles. The number of pyridine rings is 1. The smallest absolute Gasteiger partial charge is 0.287 e. The third kappa shape index (κ3) is 4.10. The number of benzene rings is 1. The van der Waals surface area contributed by atoms with Gasteiger partial charge >= 0.3 is 0 Å². The van der Waals surface area contributed by atoms with Gasteiger partial charge < -0.3 is 24.3 Å². The second-order valence-corrected chi connectivity index (χ2v) is 7.31.